The van der Waals surface area contributed by atoms with E-state index in [2.05, 4.69) is 21.2 Å². The summed E-state index contributed by atoms with van der Waals surface area (Å²) in [6.45, 7) is 6.93. The molecule has 0 aliphatic rings. The summed E-state index contributed by atoms with van der Waals surface area (Å²) in [5.74, 6) is -1.32. The van der Waals surface area contributed by atoms with Gasteiger partial charge in [-0.1, -0.05) is 65.7 Å². The van der Waals surface area contributed by atoms with Crippen LogP contribution >= 0.6 is 15.9 Å². The van der Waals surface area contributed by atoms with Gasteiger partial charge >= 0.3 is 0 Å². The zero-order valence-corrected chi connectivity index (χ0v) is 25.5. The summed E-state index contributed by atoms with van der Waals surface area (Å²) in [5, 5.41) is 2.93. The molecule has 0 heterocycles. The Morgan fingerprint density at radius 1 is 0.975 bits per heavy atom. The number of rotatable bonds is 12. The van der Waals surface area contributed by atoms with E-state index in [1.54, 1.807) is 55.5 Å². The van der Waals surface area contributed by atoms with Crippen LogP contribution in [0.3, 0.4) is 0 Å². The van der Waals surface area contributed by atoms with Gasteiger partial charge in [0.25, 0.3) is 10.0 Å². The minimum atomic E-state index is -4.16. The molecule has 0 fully saturated rings. The van der Waals surface area contributed by atoms with Crippen molar-refractivity contribution in [3.63, 3.8) is 0 Å². The van der Waals surface area contributed by atoms with E-state index in [1.807, 2.05) is 20.8 Å². The Kier molecular flexibility index (Phi) is 10.9. The number of nitrogens with zero attached hydrogens (tertiary/aromatic N) is 2. The van der Waals surface area contributed by atoms with Gasteiger partial charge in [0, 0.05) is 17.1 Å². The summed E-state index contributed by atoms with van der Waals surface area (Å²) < 4.78 is 43.1. The smallest absolute Gasteiger partial charge is 0.264 e. The number of hydrogen-bond donors (Lipinski definition) is 1. The van der Waals surface area contributed by atoms with Crippen molar-refractivity contribution in [2.45, 2.75) is 64.1 Å². The SMILES string of the molecule is CC[C@H](C(=O)N[C@@H](C)CC)N(Cc1ccc(F)cc1)C(=O)CN(c1cccc(Br)c1)S(=O)(=O)c1ccc(C)cc1. The molecule has 1 N–H and O–H groups in total. The summed E-state index contributed by atoms with van der Waals surface area (Å²) in [4.78, 5) is 28.7. The maximum atomic E-state index is 14.0. The zero-order chi connectivity index (χ0) is 29.4. The lowest BCUT2D eigenvalue weighted by atomic mass is 10.1. The number of halogens is 2. The molecule has 40 heavy (non-hydrogen) atoms. The molecule has 0 saturated heterocycles. The van der Waals surface area contributed by atoms with Crippen molar-refractivity contribution in [1.82, 2.24) is 10.2 Å². The number of hydrogen-bond acceptors (Lipinski definition) is 4. The molecule has 0 aliphatic carbocycles. The van der Waals surface area contributed by atoms with E-state index in [1.165, 1.54) is 29.2 Å². The van der Waals surface area contributed by atoms with Gasteiger partial charge in [-0.3, -0.25) is 13.9 Å². The van der Waals surface area contributed by atoms with Crippen molar-refractivity contribution in [1.29, 1.82) is 0 Å². The standard InChI is InChI=1S/C30H35BrFN3O4S/c1-5-22(4)33-30(37)28(6-2)34(19-23-12-14-25(32)15-13-23)29(36)20-35(26-9-7-8-24(31)18-26)40(38,39)27-16-10-21(3)11-17-27/h7-18,22,28H,5-6,19-20H2,1-4H3,(H,33,37)/t22-,28+/m0/s1. The minimum absolute atomic E-state index is 0.00243. The van der Waals surface area contributed by atoms with Gasteiger partial charge in [0.1, 0.15) is 18.4 Å². The van der Waals surface area contributed by atoms with Gasteiger partial charge in [-0.2, -0.15) is 0 Å². The quantitative estimate of drug-likeness (QED) is 0.273. The van der Waals surface area contributed by atoms with Crippen molar-refractivity contribution >= 4 is 43.5 Å². The lowest BCUT2D eigenvalue weighted by Gasteiger charge is -2.33. The van der Waals surface area contributed by atoms with E-state index in [9.17, 15) is 22.4 Å². The first-order chi connectivity index (χ1) is 19.0. The number of aryl methyl sites for hydroxylation is 1. The van der Waals surface area contributed by atoms with Crippen molar-refractivity contribution in [3.05, 3.63) is 94.2 Å². The molecule has 3 aromatic carbocycles. The van der Waals surface area contributed by atoms with E-state index < -0.39 is 34.3 Å². The Balaban J connectivity index is 2.05. The molecular formula is C30H35BrFN3O4S. The lowest BCUT2D eigenvalue weighted by molar-refractivity contribution is -0.140. The summed E-state index contributed by atoms with van der Waals surface area (Å²) in [5.41, 5.74) is 1.80. The van der Waals surface area contributed by atoms with Crippen molar-refractivity contribution in [3.8, 4) is 0 Å². The van der Waals surface area contributed by atoms with Gasteiger partial charge in [0.15, 0.2) is 0 Å². The average Bonchev–Trinajstić information content (AvgIpc) is 2.92. The van der Waals surface area contributed by atoms with Crippen molar-refractivity contribution in [2.75, 3.05) is 10.8 Å². The number of sulfonamides is 1. The maximum absolute atomic E-state index is 14.0. The van der Waals surface area contributed by atoms with Gasteiger partial charge in [0.05, 0.1) is 10.6 Å². The van der Waals surface area contributed by atoms with E-state index >= 15 is 0 Å². The topological polar surface area (TPSA) is 86.8 Å². The molecule has 10 heteroatoms. The van der Waals surface area contributed by atoms with E-state index in [0.29, 0.717) is 28.6 Å². The first-order valence-electron chi connectivity index (χ1n) is 13.2. The van der Waals surface area contributed by atoms with Crippen LogP contribution in [0.2, 0.25) is 0 Å². The Bertz CT molecular complexity index is 1420. The first kappa shape index (κ1) is 31.3. The van der Waals surface area contributed by atoms with Gasteiger partial charge < -0.3 is 10.2 Å². The second kappa shape index (κ2) is 13.9. The normalized spacial score (nSPS) is 12.8. The molecule has 0 unspecified atom stereocenters. The molecular weight excluding hydrogens is 597 g/mol. The number of anilines is 1. The maximum Gasteiger partial charge on any atom is 0.264 e. The summed E-state index contributed by atoms with van der Waals surface area (Å²) in [6.07, 6.45) is 1.01. The average molecular weight is 633 g/mol. The molecule has 214 valence electrons. The summed E-state index contributed by atoms with van der Waals surface area (Å²) >= 11 is 3.39. The van der Waals surface area contributed by atoms with Crippen LogP contribution in [0.5, 0.6) is 0 Å². The van der Waals surface area contributed by atoms with Crippen LogP contribution in [0.1, 0.15) is 44.7 Å². The molecule has 0 aliphatic heterocycles. The third kappa shape index (κ3) is 7.91. The van der Waals surface area contributed by atoms with Crippen LogP contribution in [0.25, 0.3) is 0 Å². The molecule has 0 bridgehead atoms. The van der Waals surface area contributed by atoms with E-state index in [4.69, 9.17) is 0 Å². The Morgan fingerprint density at radius 3 is 2.20 bits per heavy atom. The van der Waals surface area contributed by atoms with Gasteiger partial charge in [-0.15, -0.1) is 0 Å². The van der Waals surface area contributed by atoms with Crippen LogP contribution < -0.4 is 9.62 Å². The monoisotopic (exact) mass is 631 g/mol. The first-order valence-corrected chi connectivity index (χ1v) is 15.4. The number of benzene rings is 3. The molecule has 7 nitrogen and oxygen atoms in total. The predicted octanol–water partition coefficient (Wildman–Crippen LogP) is 5.81. The number of carbonyl (C=O) groups is 2. The fourth-order valence-corrected chi connectivity index (χ4v) is 5.94. The lowest BCUT2D eigenvalue weighted by Crippen LogP contribution is -2.53. The van der Waals surface area contributed by atoms with Crippen molar-refractivity contribution < 1.29 is 22.4 Å². The highest BCUT2D eigenvalue weighted by Crippen LogP contribution is 2.27. The van der Waals surface area contributed by atoms with Gasteiger partial charge in [0.2, 0.25) is 11.8 Å². The highest BCUT2D eigenvalue weighted by molar-refractivity contribution is 9.10. The van der Waals surface area contributed by atoms with Gasteiger partial charge in [-0.25, -0.2) is 12.8 Å². The molecule has 3 rings (SSSR count). The fraction of sp³-hybridized carbons (Fsp3) is 0.333. The Hall–Kier alpha value is -3.24. The second-order valence-corrected chi connectivity index (χ2v) is 12.5. The third-order valence-corrected chi connectivity index (χ3v) is 8.92. The van der Waals surface area contributed by atoms with Crippen LogP contribution in [0.4, 0.5) is 10.1 Å². The second-order valence-electron chi connectivity index (χ2n) is 9.69. The Labute approximate surface area is 244 Å². The molecule has 0 saturated carbocycles. The van der Waals surface area contributed by atoms with Crippen LogP contribution in [-0.4, -0.2) is 43.8 Å². The molecule has 2 amide bonds. The molecule has 0 radical (unpaired) electrons. The van der Waals surface area contributed by atoms with Crippen LogP contribution in [-0.2, 0) is 26.2 Å². The largest absolute Gasteiger partial charge is 0.352 e. The fourth-order valence-electron chi connectivity index (χ4n) is 4.14. The van der Waals surface area contributed by atoms with Crippen LogP contribution in [0, 0.1) is 12.7 Å². The number of nitrogens with one attached hydrogen (secondary N) is 1. The third-order valence-electron chi connectivity index (χ3n) is 6.64. The predicted molar refractivity (Wildman–Crippen MR) is 159 cm³/mol. The Morgan fingerprint density at radius 2 is 1.62 bits per heavy atom. The summed E-state index contributed by atoms with van der Waals surface area (Å²) in [6, 6.07) is 17.8. The van der Waals surface area contributed by atoms with Gasteiger partial charge in [-0.05, 0) is 74.7 Å². The number of amides is 2. The number of carbonyl (C=O) groups excluding carboxylic acids is 2. The van der Waals surface area contributed by atoms with Crippen molar-refractivity contribution in [2.24, 2.45) is 0 Å². The van der Waals surface area contributed by atoms with Crippen LogP contribution in [0.15, 0.2) is 82.2 Å². The molecule has 2 atom stereocenters. The van der Waals surface area contributed by atoms with E-state index in [-0.39, 0.29) is 23.4 Å². The minimum Gasteiger partial charge on any atom is -0.352 e. The highest BCUT2D eigenvalue weighted by atomic mass is 79.9. The molecule has 3 aromatic rings. The molecule has 0 aromatic heterocycles. The highest BCUT2D eigenvalue weighted by Gasteiger charge is 2.34. The summed E-state index contributed by atoms with van der Waals surface area (Å²) in [7, 11) is -4.16. The molecule has 0 spiro atoms. The van der Waals surface area contributed by atoms with E-state index in [0.717, 1.165) is 9.87 Å². The zero-order valence-electron chi connectivity index (χ0n) is 23.1.